The summed E-state index contributed by atoms with van der Waals surface area (Å²) in [7, 11) is 0. The molecule has 2 saturated heterocycles. The lowest BCUT2D eigenvalue weighted by Gasteiger charge is -2.42. The topological polar surface area (TPSA) is 114 Å². The number of cyclic esters (lactones) is 1. The van der Waals surface area contributed by atoms with Crippen molar-refractivity contribution < 1.29 is 28.7 Å². The Kier molecular flexibility index (Phi) is 7.35. The minimum Gasteiger partial charge on any atom is -0.439 e. The van der Waals surface area contributed by atoms with E-state index in [1.54, 1.807) is 29.2 Å². The van der Waals surface area contributed by atoms with Crippen LogP contribution in [0.25, 0.3) is 0 Å². The van der Waals surface area contributed by atoms with Gasteiger partial charge >= 0.3 is 5.97 Å². The summed E-state index contributed by atoms with van der Waals surface area (Å²) >= 11 is 6.21. The number of amides is 3. The maximum absolute atomic E-state index is 14.0. The molecule has 5 atom stereocenters. The third-order valence-corrected chi connectivity index (χ3v) is 7.69. The van der Waals surface area contributed by atoms with Crippen LogP contribution in [0.1, 0.15) is 63.7 Å². The Bertz CT molecular complexity index is 1060. The number of carbonyl (C=O) groups is 4. The summed E-state index contributed by atoms with van der Waals surface area (Å²) in [5.41, 5.74) is -1.41. The van der Waals surface area contributed by atoms with Crippen molar-refractivity contribution in [2.24, 2.45) is 11.3 Å². The van der Waals surface area contributed by atoms with Crippen LogP contribution in [-0.2, 0) is 23.9 Å². The van der Waals surface area contributed by atoms with Crippen LogP contribution >= 0.6 is 11.6 Å². The molecule has 2 bridgehead atoms. The number of piperidine rings is 1. The number of nitrogens with zero attached hydrogens (tertiary/aromatic N) is 1. The molecule has 0 radical (unpaired) electrons. The maximum atomic E-state index is 14.0. The van der Waals surface area contributed by atoms with E-state index in [0.29, 0.717) is 31.0 Å². The number of benzene rings is 1. The normalized spacial score (nSPS) is 28.1. The molecule has 3 fully saturated rings. The molecule has 1 aromatic carbocycles. The average molecular weight is 520 g/mol. The molecular weight excluding hydrogens is 486 g/mol. The molecule has 0 spiro atoms. The van der Waals surface area contributed by atoms with Gasteiger partial charge in [-0.05, 0) is 49.7 Å². The van der Waals surface area contributed by atoms with Crippen LogP contribution in [0.15, 0.2) is 24.3 Å². The highest BCUT2D eigenvalue weighted by Crippen LogP contribution is 2.47. The fourth-order valence-electron chi connectivity index (χ4n) is 5.53. The molecular formula is C26H34ClN3O6. The van der Waals surface area contributed by atoms with Crippen molar-refractivity contribution in [3.63, 3.8) is 0 Å². The molecule has 36 heavy (non-hydrogen) atoms. The van der Waals surface area contributed by atoms with Crippen LogP contribution in [-0.4, -0.2) is 65.7 Å². The number of esters is 1. The fraction of sp³-hybridized carbons (Fsp3) is 0.615. The summed E-state index contributed by atoms with van der Waals surface area (Å²) in [6, 6.07) is 5.78. The molecule has 3 amide bonds. The SMILES string of the molecule is CCO[C@H]1CC(=O)O[C@@H]1NC(=O)[C@@]12CC[C@@H](CN1C(=O)[C@@H](NC(=O)c1ccccc1Cl)C(C)(C)C)C2. The smallest absolute Gasteiger partial charge is 0.310 e. The van der Waals surface area contributed by atoms with E-state index in [1.165, 1.54) is 0 Å². The number of fused-ring (bicyclic) bond motifs is 2. The van der Waals surface area contributed by atoms with E-state index >= 15 is 0 Å². The summed E-state index contributed by atoms with van der Waals surface area (Å²) in [6.45, 7) is 8.23. The first-order chi connectivity index (χ1) is 17.0. The molecule has 2 heterocycles. The third-order valence-electron chi connectivity index (χ3n) is 7.36. The van der Waals surface area contributed by atoms with Gasteiger partial charge < -0.3 is 25.0 Å². The number of halogens is 1. The second-order valence-corrected chi connectivity index (χ2v) is 11.3. The zero-order valence-corrected chi connectivity index (χ0v) is 21.9. The Balaban J connectivity index is 1.56. The summed E-state index contributed by atoms with van der Waals surface area (Å²) in [4.78, 5) is 54.2. The van der Waals surface area contributed by atoms with Gasteiger partial charge in [0.15, 0.2) is 0 Å². The van der Waals surface area contributed by atoms with Crippen LogP contribution in [0.4, 0.5) is 0 Å². The van der Waals surface area contributed by atoms with Gasteiger partial charge in [-0.25, -0.2) is 0 Å². The zero-order valence-electron chi connectivity index (χ0n) is 21.1. The van der Waals surface area contributed by atoms with Gasteiger partial charge in [0.05, 0.1) is 17.0 Å². The fourth-order valence-corrected chi connectivity index (χ4v) is 5.75. The Labute approximate surface area is 216 Å². The first-order valence-electron chi connectivity index (χ1n) is 12.4. The molecule has 0 unspecified atom stereocenters. The molecule has 4 rings (SSSR count). The number of ether oxygens (including phenoxy) is 2. The van der Waals surface area contributed by atoms with Gasteiger partial charge in [-0.2, -0.15) is 0 Å². The number of rotatable bonds is 7. The largest absolute Gasteiger partial charge is 0.439 e. The predicted molar refractivity (Wildman–Crippen MR) is 132 cm³/mol. The number of likely N-dealkylation sites (tertiary alicyclic amines) is 1. The van der Waals surface area contributed by atoms with Gasteiger partial charge in [0.25, 0.3) is 5.91 Å². The van der Waals surface area contributed by atoms with E-state index < -0.39 is 41.2 Å². The molecule has 0 aromatic heterocycles. The minimum absolute atomic E-state index is 0.0667. The van der Waals surface area contributed by atoms with Crippen LogP contribution < -0.4 is 10.6 Å². The molecule has 1 aliphatic carbocycles. The van der Waals surface area contributed by atoms with Gasteiger partial charge in [0.1, 0.15) is 17.7 Å². The third kappa shape index (κ3) is 4.95. The van der Waals surface area contributed by atoms with Crippen LogP contribution in [0, 0.1) is 11.3 Å². The highest BCUT2D eigenvalue weighted by molar-refractivity contribution is 6.33. The molecule has 2 N–H and O–H groups in total. The van der Waals surface area contributed by atoms with Crippen molar-refractivity contribution in [3.05, 3.63) is 34.9 Å². The minimum atomic E-state index is -1.06. The first kappa shape index (κ1) is 26.4. The highest BCUT2D eigenvalue weighted by Gasteiger charge is 2.59. The van der Waals surface area contributed by atoms with Gasteiger partial charge in [-0.15, -0.1) is 0 Å². The summed E-state index contributed by atoms with van der Waals surface area (Å²) in [6.07, 6.45) is 0.460. The lowest BCUT2D eigenvalue weighted by atomic mass is 9.84. The quantitative estimate of drug-likeness (QED) is 0.535. The van der Waals surface area contributed by atoms with Crippen molar-refractivity contribution in [1.82, 2.24) is 15.5 Å². The van der Waals surface area contributed by atoms with Crippen molar-refractivity contribution in [2.45, 2.75) is 77.3 Å². The highest BCUT2D eigenvalue weighted by atomic mass is 35.5. The van der Waals surface area contributed by atoms with E-state index in [4.69, 9.17) is 21.1 Å². The standard InChI is InChI=1S/C26H34ClN3O6/c1-5-35-18-12-19(31)36-22(18)29-24(34)26-11-10-15(13-26)14-30(26)23(33)20(25(2,3)4)28-21(32)16-8-6-7-9-17(16)27/h6-9,15,18,20,22H,5,10-14H2,1-4H3,(H,28,32)(H,29,34)/t15-,18+,20-,22+,26+/m1/s1. The summed E-state index contributed by atoms with van der Waals surface area (Å²) in [5, 5.41) is 6.00. The Hall–Kier alpha value is -2.65. The second-order valence-electron chi connectivity index (χ2n) is 10.9. The molecule has 10 heteroatoms. The lowest BCUT2D eigenvalue weighted by Crippen LogP contribution is -2.64. The monoisotopic (exact) mass is 519 g/mol. The molecule has 9 nitrogen and oxygen atoms in total. The number of hydrogen-bond donors (Lipinski definition) is 2. The Morgan fingerprint density at radius 2 is 2.00 bits per heavy atom. The number of carbonyl (C=O) groups excluding carboxylic acids is 4. The Morgan fingerprint density at radius 3 is 2.64 bits per heavy atom. The first-order valence-corrected chi connectivity index (χ1v) is 12.8. The van der Waals surface area contributed by atoms with E-state index in [9.17, 15) is 19.2 Å². The number of hydrogen-bond acceptors (Lipinski definition) is 6. The van der Waals surface area contributed by atoms with Gasteiger partial charge in [-0.1, -0.05) is 44.5 Å². The van der Waals surface area contributed by atoms with Gasteiger partial charge in [0, 0.05) is 13.2 Å². The van der Waals surface area contributed by atoms with Crippen LogP contribution in [0.3, 0.4) is 0 Å². The zero-order chi connectivity index (χ0) is 26.3. The summed E-state index contributed by atoms with van der Waals surface area (Å²) in [5.74, 6) is -1.37. The lowest BCUT2D eigenvalue weighted by molar-refractivity contribution is -0.154. The van der Waals surface area contributed by atoms with Crippen molar-refractivity contribution in [1.29, 1.82) is 0 Å². The Morgan fingerprint density at radius 1 is 1.28 bits per heavy atom. The van der Waals surface area contributed by atoms with Crippen LogP contribution in [0.2, 0.25) is 5.02 Å². The maximum Gasteiger partial charge on any atom is 0.310 e. The van der Waals surface area contributed by atoms with Crippen molar-refractivity contribution in [2.75, 3.05) is 13.2 Å². The predicted octanol–water partition coefficient (Wildman–Crippen LogP) is 2.66. The van der Waals surface area contributed by atoms with E-state index in [0.717, 1.165) is 6.42 Å². The van der Waals surface area contributed by atoms with E-state index in [2.05, 4.69) is 10.6 Å². The molecule has 1 saturated carbocycles. The van der Waals surface area contributed by atoms with Crippen molar-refractivity contribution >= 4 is 35.3 Å². The van der Waals surface area contributed by atoms with Gasteiger partial charge in [0.2, 0.25) is 18.0 Å². The molecule has 196 valence electrons. The second kappa shape index (κ2) is 10.0. The van der Waals surface area contributed by atoms with Gasteiger partial charge in [-0.3, -0.25) is 19.2 Å². The summed E-state index contributed by atoms with van der Waals surface area (Å²) < 4.78 is 10.9. The van der Waals surface area contributed by atoms with E-state index in [-0.39, 0.29) is 29.7 Å². The number of nitrogens with one attached hydrogen (secondary N) is 2. The van der Waals surface area contributed by atoms with E-state index in [1.807, 2.05) is 27.7 Å². The molecule has 3 aliphatic rings. The van der Waals surface area contributed by atoms with Crippen molar-refractivity contribution in [3.8, 4) is 0 Å². The molecule has 2 aliphatic heterocycles. The average Bonchev–Trinajstić information content (AvgIpc) is 3.50. The molecule has 1 aromatic rings. The van der Waals surface area contributed by atoms with Crippen LogP contribution in [0.5, 0.6) is 0 Å².